The van der Waals surface area contributed by atoms with E-state index in [2.05, 4.69) is 5.32 Å². The van der Waals surface area contributed by atoms with Gasteiger partial charge in [0.25, 0.3) is 0 Å². The molecule has 1 fully saturated rings. The molecule has 1 N–H and O–H groups in total. The predicted octanol–water partition coefficient (Wildman–Crippen LogP) is 4.39. The lowest BCUT2D eigenvalue weighted by atomic mass is 10.1. The van der Waals surface area contributed by atoms with Crippen LogP contribution in [0.2, 0.25) is 5.02 Å². The van der Waals surface area contributed by atoms with Gasteiger partial charge in [-0.25, -0.2) is 8.42 Å². The number of amides is 1. The van der Waals surface area contributed by atoms with E-state index in [1.165, 1.54) is 16.1 Å². The van der Waals surface area contributed by atoms with Gasteiger partial charge in [-0.2, -0.15) is 4.31 Å². The second-order valence-electron chi connectivity index (χ2n) is 7.04. The second-order valence-corrected chi connectivity index (χ2v) is 10.5. The molecule has 3 aromatic carbocycles. The summed E-state index contributed by atoms with van der Waals surface area (Å²) in [6.45, 7) is 0.535. The first-order chi connectivity index (χ1) is 15.0. The van der Waals surface area contributed by atoms with Gasteiger partial charge in [0.05, 0.1) is 4.90 Å². The van der Waals surface area contributed by atoms with Gasteiger partial charge in [0.2, 0.25) is 15.9 Å². The molecule has 0 spiro atoms. The highest BCUT2D eigenvalue weighted by molar-refractivity contribution is 8.02. The van der Waals surface area contributed by atoms with E-state index in [-0.39, 0.29) is 23.9 Å². The van der Waals surface area contributed by atoms with Crippen molar-refractivity contribution in [3.05, 3.63) is 89.4 Å². The zero-order valence-electron chi connectivity index (χ0n) is 16.6. The molecule has 0 saturated carbocycles. The fraction of sp³-hybridized carbons (Fsp3) is 0.174. The van der Waals surface area contributed by atoms with Crippen LogP contribution in [-0.2, 0) is 21.4 Å². The molecule has 1 aliphatic heterocycles. The monoisotopic (exact) mass is 472 g/mol. The number of benzene rings is 3. The third kappa shape index (κ3) is 4.80. The van der Waals surface area contributed by atoms with E-state index in [1.807, 2.05) is 48.5 Å². The smallest absolute Gasteiger partial charge is 0.249 e. The Morgan fingerprint density at radius 2 is 1.61 bits per heavy atom. The molecular weight excluding hydrogens is 452 g/mol. The fourth-order valence-corrected chi connectivity index (χ4v) is 6.71. The van der Waals surface area contributed by atoms with Crippen molar-refractivity contribution in [1.29, 1.82) is 0 Å². The Labute approximate surface area is 191 Å². The molecule has 4 rings (SSSR count). The van der Waals surface area contributed by atoms with Gasteiger partial charge in [0.15, 0.2) is 0 Å². The first kappa shape index (κ1) is 21.9. The van der Waals surface area contributed by atoms with Crippen molar-refractivity contribution in [2.75, 3.05) is 12.3 Å². The first-order valence-electron chi connectivity index (χ1n) is 9.77. The third-order valence-electron chi connectivity index (χ3n) is 5.05. The number of nitrogens with zero attached hydrogens (tertiary/aromatic N) is 1. The second kappa shape index (κ2) is 9.44. The quantitative estimate of drug-likeness (QED) is 0.578. The number of rotatable bonds is 6. The molecule has 160 valence electrons. The van der Waals surface area contributed by atoms with Gasteiger partial charge in [-0.1, -0.05) is 72.3 Å². The van der Waals surface area contributed by atoms with Crippen molar-refractivity contribution in [3.8, 4) is 11.1 Å². The molecule has 1 saturated heterocycles. The molecular formula is C23H21ClN2O3S2. The Hall–Kier alpha value is -2.32. The standard InChI is InChI=1S/C23H21ClN2O3S2/c24-21-9-5-4-8-19(21)16-25-22(27)23-26(14-15-30-23)31(28,29)20-12-10-18(11-13-20)17-6-2-1-3-7-17/h1-13,23H,14-16H2,(H,25,27). The zero-order valence-corrected chi connectivity index (χ0v) is 19.0. The highest BCUT2D eigenvalue weighted by atomic mass is 35.5. The van der Waals surface area contributed by atoms with Crippen molar-refractivity contribution >= 4 is 39.3 Å². The van der Waals surface area contributed by atoms with Crippen molar-refractivity contribution in [1.82, 2.24) is 9.62 Å². The minimum atomic E-state index is -3.80. The van der Waals surface area contributed by atoms with Gasteiger partial charge in [0, 0.05) is 23.9 Å². The van der Waals surface area contributed by atoms with E-state index in [4.69, 9.17) is 11.6 Å². The number of nitrogens with one attached hydrogen (secondary N) is 1. The Kier molecular flexibility index (Phi) is 6.67. The average molecular weight is 473 g/mol. The van der Waals surface area contributed by atoms with E-state index >= 15 is 0 Å². The number of carbonyl (C=O) groups excluding carboxylic acids is 1. The molecule has 1 amide bonds. The molecule has 1 atom stereocenters. The maximum Gasteiger partial charge on any atom is 0.249 e. The Morgan fingerprint density at radius 3 is 2.32 bits per heavy atom. The van der Waals surface area contributed by atoms with Gasteiger partial charge in [-0.05, 0) is 34.9 Å². The normalized spacial score (nSPS) is 16.9. The fourth-order valence-electron chi connectivity index (χ4n) is 3.40. The predicted molar refractivity (Wildman–Crippen MR) is 125 cm³/mol. The van der Waals surface area contributed by atoms with Crippen molar-refractivity contribution in [3.63, 3.8) is 0 Å². The summed E-state index contributed by atoms with van der Waals surface area (Å²) in [5.41, 5.74) is 2.73. The maximum absolute atomic E-state index is 13.2. The summed E-state index contributed by atoms with van der Waals surface area (Å²) in [6, 6.07) is 23.8. The number of hydrogen-bond donors (Lipinski definition) is 1. The molecule has 1 aliphatic rings. The molecule has 5 nitrogen and oxygen atoms in total. The minimum Gasteiger partial charge on any atom is -0.350 e. The van der Waals surface area contributed by atoms with Crippen LogP contribution in [0.5, 0.6) is 0 Å². The highest BCUT2D eigenvalue weighted by Gasteiger charge is 2.40. The number of halogens is 1. The van der Waals surface area contributed by atoms with Crippen LogP contribution in [0.1, 0.15) is 5.56 Å². The molecule has 0 aliphatic carbocycles. The Bertz CT molecular complexity index is 1170. The van der Waals surface area contributed by atoms with Crippen LogP contribution in [0.25, 0.3) is 11.1 Å². The van der Waals surface area contributed by atoms with Gasteiger partial charge < -0.3 is 5.32 Å². The van der Waals surface area contributed by atoms with E-state index in [0.717, 1.165) is 16.7 Å². The van der Waals surface area contributed by atoms with Crippen LogP contribution < -0.4 is 5.32 Å². The molecule has 1 heterocycles. The summed E-state index contributed by atoms with van der Waals surface area (Å²) in [6.07, 6.45) is 0. The van der Waals surface area contributed by atoms with E-state index in [0.29, 0.717) is 10.8 Å². The van der Waals surface area contributed by atoms with E-state index in [9.17, 15) is 13.2 Å². The number of thioether (sulfide) groups is 1. The summed E-state index contributed by atoms with van der Waals surface area (Å²) in [4.78, 5) is 13.0. The van der Waals surface area contributed by atoms with Crippen LogP contribution in [0.4, 0.5) is 0 Å². The summed E-state index contributed by atoms with van der Waals surface area (Å²) >= 11 is 7.46. The number of hydrogen-bond acceptors (Lipinski definition) is 4. The largest absolute Gasteiger partial charge is 0.350 e. The Balaban J connectivity index is 1.49. The summed E-state index contributed by atoms with van der Waals surface area (Å²) < 4.78 is 27.7. The molecule has 0 aromatic heterocycles. The molecule has 1 unspecified atom stereocenters. The van der Waals surface area contributed by atoms with Crippen LogP contribution in [0.15, 0.2) is 83.8 Å². The van der Waals surface area contributed by atoms with Gasteiger partial charge in [0.1, 0.15) is 5.37 Å². The average Bonchev–Trinajstić information content (AvgIpc) is 3.30. The molecule has 3 aromatic rings. The SMILES string of the molecule is O=C(NCc1ccccc1Cl)C1SCCN1S(=O)(=O)c1ccc(-c2ccccc2)cc1. The number of sulfonamides is 1. The van der Waals surface area contributed by atoms with E-state index < -0.39 is 15.4 Å². The van der Waals surface area contributed by atoms with Crippen molar-refractivity contribution in [2.24, 2.45) is 0 Å². The Morgan fingerprint density at radius 1 is 0.968 bits per heavy atom. The zero-order chi connectivity index (χ0) is 21.8. The van der Waals surface area contributed by atoms with Gasteiger partial charge in [-0.3, -0.25) is 4.79 Å². The summed E-state index contributed by atoms with van der Waals surface area (Å²) in [5, 5.41) is 2.57. The van der Waals surface area contributed by atoms with E-state index in [1.54, 1.807) is 30.3 Å². The summed E-state index contributed by atoms with van der Waals surface area (Å²) in [7, 11) is -3.80. The molecule has 0 bridgehead atoms. The number of carbonyl (C=O) groups is 1. The highest BCUT2D eigenvalue weighted by Crippen LogP contribution is 2.31. The lowest BCUT2D eigenvalue weighted by Gasteiger charge is -2.22. The lowest BCUT2D eigenvalue weighted by Crippen LogP contribution is -2.44. The van der Waals surface area contributed by atoms with Crippen LogP contribution in [0.3, 0.4) is 0 Å². The molecule has 8 heteroatoms. The molecule has 31 heavy (non-hydrogen) atoms. The summed E-state index contributed by atoms with van der Waals surface area (Å²) in [5.74, 6) is 0.220. The third-order valence-corrected chi connectivity index (χ3v) is 8.64. The van der Waals surface area contributed by atoms with Crippen LogP contribution >= 0.6 is 23.4 Å². The van der Waals surface area contributed by atoms with Crippen LogP contribution in [0, 0.1) is 0 Å². The topological polar surface area (TPSA) is 66.5 Å². The van der Waals surface area contributed by atoms with Gasteiger partial charge in [-0.15, -0.1) is 11.8 Å². The van der Waals surface area contributed by atoms with Gasteiger partial charge >= 0.3 is 0 Å². The molecule has 0 radical (unpaired) electrons. The minimum absolute atomic E-state index is 0.179. The van der Waals surface area contributed by atoms with Crippen LogP contribution in [-0.4, -0.2) is 36.3 Å². The van der Waals surface area contributed by atoms with Crippen molar-refractivity contribution in [2.45, 2.75) is 16.8 Å². The lowest BCUT2D eigenvalue weighted by molar-refractivity contribution is -0.122. The maximum atomic E-state index is 13.2. The first-order valence-corrected chi connectivity index (χ1v) is 12.6. The van der Waals surface area contributed by atoms with Crippen molar-refractivity contribution < 1.29 is 13.2 Å².